The first-order chi connectivity index (χ1) is 11.2. The molecule has 0 saturated carbocycles. The van der Waals surface area contributed by atoms with E-state index in [1.54, 1.807) is 18.1 Å². The molecule has 3 N–H and O–H groups in total. The van der Waals surface area contributed by atoms with Crippen molar-refractivity contribution in [2.45, 2.75) is 11.3 Å². The highest BCUT2D eigenvalue weighted by Crippen LogP contribution is 2.25. The van der Waals surface area contributed by atoms with Crippen molar-refractivity contribution in [2.75, 3.05) is 12.0 Å². The second kappa shape index (κ2) is 5.55. The quantitative estimate of drug-likeness (QED) is 0.565. The number of aromatic amines is 1. The number of aromatic nitrogens is 4. The summed E-state index contributed by atoms with van der Waals surface area (Å²) in [5.74, 6) is 0.312. The number of nitrogens with two attached hydrogens (primary N) is 1. The maximum absolute atomic E-state index is 5.88. The Bertz CT molecular complexity index is 1010. The number of fused-ring (bicyclic) bond motifs is 2. The standard InChI is InChI=1S/C17H15N5S/c1-23-11-3-5-13-12(8-11)15(22-17(18)21-13)6-10-2-4-14-16(7-10)20-9-19-14/h2-5,7-9H,6H2,1H3,(H,19,20)(H2,18,21,22). The predicted octanol–water partition coefficient (Wildman–Crippen LogP) is 3.40. The second-order valence-electron chi connectivity index (χ2n) is 5.34. The lowest BCUT2D eigenvalue weighted by atomic mass is 10.1. The first-order valence-corrected chi connectivity index (χ1v) is 8.47. The molecule has 4 aromatic rings. The number of nitrogens with one attached hydrogen (secondary N) is 1. The molecular weight excluding hydrogens is 306 g/mol. The van der Waals surface area contributed by atoms with E-state index >= 15 is 0 Å². The van der Waals surface area contributed by atoms with Crippen molar-refractivity contribution in [1.82, 2.24) is 19.9 Å². The molecule has 2 aromatic heterocycles. The third-order valence-electron chi connectivity index (χ3n) is 3.86. The number of imidazole rings is 1. The van der Waals surface area contributed by atoms with Crippen molar-refractivity contribution in [3.8, 4) is 0 Å². The minimum absolute atomic E-state index is 0.312. The average molecular weight is 321 g/mol. The third-order valence-corrected chi connectivity index (χ3v) is 4.58. The van der Waals surface area contributed by atoms with Crippen LogP contribution in [0.3, 0.4) is 0 Å². The number of hydrogen-bond donors (Lipinski definition) is 2. The molecule has 4 rings (SSSR count). The Balaban J connectivity index is 1.83. The fraction of sp³-hybridized carbons (Fsp3) is 0.118. The molecule has 0 atom stereocenters. The van der Waals surface area contributed by atoms with Gasteiger partial charge in [0.05, 0.1) is 28.6 Å². The van der Waals surface area contributed by atoms with Crippen LogP contribution in [0.2, 0.25) is 0 Å². The van der Waals surface area contributed by atoms with Gasteiger partial charge in [-0.25, -0.2) is 15.0 Å². The zero-order chi connectivity index (χ0) is 15.8. The summed E-state index contributed by atoms with van der Waals surface area (Å²) in [4.78, 5) is 17.4. The fourth-order valence-corrected chi connectivity index (χ4v) is 3.18. The summed E-state index contributed by atoms with van der Waals surface area (Å²) in [7, 11) is 0. The molecule has 0 bridgehead atoms. The number of nitrogen functional groups attached to an aromatic ring is 1. The van der Waals surface area contributed by atoms with Gasteiger partial charge in [0.15, 0.2) is 0 Å². The zero-order valence-corrected chi connectivity index (χ0v) is 13.4. The number of rotatable bonds is 3. The minimum Gasteiger partial charge on any atom is -0.368 e. The highest BCUT2D eigenvalue weighted by Gasteiger charge is 2.09. The van der Waals surface area contributed by atoms with Crippen molar-refractivity contribution in [3.05, 3.63) is 54.0 Å². The molecule has 6 heteroatoms. The number of hydrogen-bond acceptors (Lipinski definition) is 5. The monoisotopic (exact) mass is 321 g/mol. The third kappa shape index (κ3) is 2.61. The van der Waals surface area contributed by atoms with E-state index < -0.39 is 0 Å². The molecular formula is C17H15N5S. The zero-order valence-electron chi connectivity index (χ0n) is 12.6. The van der Waals surface area contributed by atoms with Crippen LogP contribution < -0.4 is 5.73 Å². The highest BCUT2D eigenvalue weighted by atomic mass is 32.2. The Hall–Kier alpha value is -2.60. The number of benzene rings is 2. The number of H-pyrrole nitrogens is 1. The van der Waals surface area contributed by atoms with E-state index in [1.165, 1.54) is 4.90 Å². The van der Waals surface area contributed by atoms with Gasteiger partial charge < -0.3 is 10.7 Å². The molecule has 23 heavy (non-hydrogen) atoms. The molecule has 0 aliphatic heterocycles. The molecule has 0 saturated heterocycles. The maximum atomic E-state index is 5.88. The van der Waals surface area contributed by atoms with Gasteiger partial charge in [0.25, 0.3) is 0 Å². The number of anilines is 1. The summed E-state index contributed by atoms with van der Waals surface area (Å²) in [6, 6.07) is 12.4. The summed E-state index contributed by atoms with van der Waals surface area (Å²) in [6.07, 6.45) is 4.47. The Morgan fingerprint density at radius 2 is 1.96 bits per heavy atom. The van der Waals surface area contributed by atoms with Gasteiger partial charge in [-0.2, -0.15) is 0 Å². The molecule has 5 nitrogen and oxygen atoms in total. The first-order valence-electron chi connectivity index (χ1n) is 7.25. The summed E-state index contributed by atoms with van der Waals surface area (Å²) < 4.78 is 0. The van der Waals surface area contributed by atoms with Gasteiger partial charge in [0.1, 0.15) is 0 Å². The average Bonchev–Trinajstić information content (AvgIpc) is 3.02. The van der Waals surface area contributed by atoms with Crippen molar-refractivity contribution in [1.29, 1.82) is 0 Å². The van der Waals surface area contributed by atoms with E-state index in [1.807, 2.05) is 12.1 Å². The van der Waals surface area contributed by atoms with Gasteiger partial charge in [0.2, 0.25) is 5.95 Å². The van der Waals surface area contributed by atoms with Crippen LogP contribution in [0.4, 0.5) is 5.95 Å². The Morgan fingerprint density at radius 3 is 2.83 bits per heavy atom. The molecule has 0 spiro atoms. The van der Waals surface area contributed by atoms with Crippen molar-refractivity contribution >= 4 is 39.6 Å². The molecule has 114 valence electrons. The van der Waals surface area contributed by atoms with E-state index in [4.69, 9.17) is 5.73 Å². The van der Waals surface area contributed by atoms with E-state index in [0.29, 0.717) is 12.4 Å². The fourth-order valence-electron chi connectivity index (χ4n) is 2.74. The van der Waals surface area contributed by atoms with Crippen molar-refractivity contribution in [2.24, 2.45) is 0 Å². The number of nitrogens with zero attached hydrogens (tertiary/aromatic N) is 3. The Kier molecular flexibility index (Phi) is 3.38. The van der Waals surface area contributed by atoms with Gasteiger partial charge in [-0.1, -0.05) is 6.07 Å². The lowest BCUT2D eigenvalue weighted by Gasteiger charge is -2.08. The minimum atomic E-state index is 0.312. The molecule has 2 heterocycles. The Morgan fingerprint density at radius 1 is 1.09 bits per heavy atom. The van der Waals surface area contributed by atoms with E-state index in [-0.39, 0.29) is 0 Å². The van der Waals surface area contributed by atoms with Gasteiger partial charge in [-0.05, 0) is 42.2 Å². The van der Waals surface area contributed by atoms with E-state index in [9.17, 15) is 0 Å². The molecule has 0 unspecified atom stereocenters. The summed E-state index contributed by atoms with van der Waals surface area (Å²) in [6.45, 7) is 0. The molecule has 0 radical (unpaired) electrons. The first kappa shape index (κ1) is 14.0. The molecule has 0 aliphatic rings. The lowest BCUT2D eigenvalue weighted by molar-refractivity contribution is 1.07. The molecule has 0 aliphatic carbocycles. The van der Waals surface area contributed by atoms with Gasteiger partial charge >= 0.3 is 0 Å². The smallest absolute Gasteiger partial charge is 0.220 e. The number of thioether (sulfide) groups is 1. The summed E-state index contributed by atoms with van der Waals surface area (Å²) in [5, 5.41) is 1.05. The molecule has 0 amide bonds. The van der Waals surface area contributed by atoms with Gasteiger partial charge in [0, 0.05) is 16.7 Å². The predicted molar refractivity (Wildman–Crippen MR) is 94.6 cm³/mol. The van der Waals surface area contributed by atoms with E-state index in [2.05, 4.69) is 50.5 Å². The SMILES string of the molecule is CSc1ccc2nc(N)nc(Cc3ccc4nc[nH]c4c3)c2c1. The van der Waals surface area contributed by atoms with Crippen LogP contribution in [0.25, 0.3) is 21.9 Å². The van der Waals surface area contributed by atoms with Crippen molar-refractivity contribution < 1.29 is 0 Å². The topological polar surface area (TPSA) is 80.5 Å². The van der Waals surface area contributed by atoms with E-state index in [0.717, 1.165) is 33.2 Å². The second-order valence-corrected chi connectivity index (χ2v) is 6.22. The highest BCUT2D eigenvalue weighted by molar-refractivity contribution is 7.98. The van der Waals surface area contributed by atoms with Gasteiger partial charge in [-0.3, -0.25) is 0 Å². The van der Waals surface area contributed by atoms with Crippen LogP contribution in [0, 0.1) is 0 Å². The molecule has 2 aromatic carbocycles. The maximum Gasteiger partial charge on any atom is 0.220 e. The van der Waals surface area contributed by atoms with Crippen LogP contribution >= 0.6 is 11.8 Å². The lowest BCUT2D eigenvalue weighted by Crippen LogP contribution is -2.02. The van der Waals surface area contributed by atoms with Crippen LogP contribution in [-0.2, 0) is 6.42 Å². The summed E-state index contributed by atoms with van der Waals surface area (Å²) in [5.41, 5.74) is 10.9. The largest absolute Gasteiger partial charge is 0.368 e. The van der Waals surface area contributed by atoms with Crippen molar-refractivity contribution in [3.63, 3.8) is 0 Å². The van der Waals surface area contributed by atoms with Crippen LogP contribution in [0.15, 0.2) is 47.6 Å². The van der Waals surface area contributed by atoms with Crippen LogP contribution in [0.5, 0.6) is 0 Å². The van der Waals surface area contributed by atoms with Crippen LogP contribution in [-0.4, -0.2) is 26.2 Å². The summed E-state index contributed by atoms with van der Waals surface area (Å²) >= 11 is 1.71. The van der Waals surface area contributed by atoms with Gasteiger partial charge in [-0.15, -0.1) is 11.8 Å². The normalized spacial score (nSPS) is 11.3. The Labute approximate surface area is 137 Å². The molecule has 0 fully saturated rings. The van der Waals surface area contributed by atoms with Crippen LogP contribution in [0.1, 0.15) is 11.3 Å².